The SMILES string of the molecule is Cc1ccc2cc(C(=O)N3CCC(c4ccnnc4)CC3)[nH]c2c1. The van der Waals surface area contributed by atoms with Crippen LogP contribution < -0.4 is 0 Å². The topological polar surface area (TPSA) is 61.9 Å². The molecule has 122 valence electrons. The smallest absolute Gasteiger partial charge is 0.270 e. The minimum absolute atomic E-state index is 0.0927. The molecule has 3 aromatic rings. The summed E-state index contributed by atoms with van der Waals surface area (Å²) in [5.74, 6) is 0.560. The van der Waals surface area contributed by atoms with Gasteiger partial charge < -0.3 is 9.88 Å². The summed E-state index contributed by atoms with van der Waals surface area (Å²) in [4.78, 5) is 18.0. The van der Waals surface area contributed by atoms with E-state index in [0.717, 1.165) is 36.8 Å². The number of nitrogens with zero attached hydrogens (tertiary/aromatic N) is 3. The molecule has 0 aliphatic carbocycles. The fraction of sp³-hybridized carbons (Fsp3) is 0.316. The van der Waals surface area contributed by atoms with Gasteiger partial charge in [-0.1, -0.05) is 12.1 Å². The fourth-order valence-corrected chi connectivity index (χ4v) is 3.48. The van der Waals surface area contributed by atoms with Crippen molar-refractivity contribution in [2.24, 2.45) is 0 Å². The average Bonchev–Trinajstić information content (AvgIpc) is 3.05. The van der Waals surface area contributed by atoms with E-state index >= 15 is 0 Å². The van der Waals surface area contributed by atoms with Crippen molar-refractivity contribution in [3.05, 3.63) is 59.5 Å². The Bertz CT molecular complexity index is 863. The van der Waals surface area contributed by atoms with Crippen LogP contribution in [-0.2, 0) is 0 Å². The molecule has 0 unspecified atom stereocenters. The first-order valence-corrected chi connectivity index (χ1v) is 8.36. The second kappa shape index (κ2) is 6.07. The van der Waals surface area contributed by atoms with Gasteiger partial charge in [-0.2, -0.15) is 10.2 Å². The molecule has 0 bridgehead atoms. The van der Waals surface area contributed by atoms with Crippen molar-refractivity contribution in [3.63, 3.8) is 0 Å². The fourth-order valence-electron chi connectivity index (χ4n) is 3.48. The Kier molecular flexibility index (Phi) is 3.76. The van der Waals surface area contributed by atoms with Gasteiger partial charge in [-0.25, -0.2) is 0 Å². The van der Waals surface area contributed by atoms with Gasteiger partial charge in [0.15, 0.2) is 0 Å². The predicted molar refractivity (Wildman–Crippen MR) is 92.9 cm³/mol. The third kappa shape index (κ3) is 2.77. The minimum Gasteiger partial charge on any atom is -0.351 e. The zero-order valence-electron chi connectivity index (χ0n) is 13.7. The second-order valence-electron chi connectivity index (χ2n) is 6.52. The first-order valence-electron chi connectivity index (χ1n) is 8.36. The molecule has 0 spiro atoms. The quantitative estimate of drug-likeness (QED) is 0.788. The molecule has 1 N–H and O–H groups in total. The zero-order chi connectivity index (χ0) is 16.5. The van der Waals surface area contributed by atoms with Crippen LogP contribution in [0.15, 0.2) is 42.7 Å². The van der Waals surface area contributed by atoms with E-state index in [1.807, 2.05) is 23.2 Å². The summed E-state index contributed by atoms with van der Waals surface area (Å²) in [6.07, 6.45) is 5.51. The maximum absolute atomic E-state index is 12.8. The number of hydrogen-bond donors (Lipinski definition) is 1. The number of amides is 1. The lowest BCUT2D eigenvalue weighted by Gasteiger charge is -2.31. The molecule has 0 radical (unpaired) electrons. The summed E-state index contributed by atoms with van der Waals surface area (Å²) >= 11 is 0. The lowest BCUT2D eigenvalue weighted by Crippen LogP contribution is -2.38. The van der Waals surface area contributed by atoms with Crippen molar-refractivity contribution in [3.8, 4) is 0 Å². The first kappa shape index (κ1) is 14.9. The third-order valence-electron chi connectivity index (χ3n) is 4.87. The van der Waals surface area contributed by atoms with E-state index < -0.39 is 0 Å². The Morgan fingerprint density at radius 1 is 1.17 bits per heavy atom. The molecule has 0 saturated carbocycles. The molecule has 1 fully saturated rings. The summed E-state index contributed by atoms with van der Waals surface area (Å²) in [5, 5.41) is 8.87. The van der Waals surface area contributed by atoms with Gasteiger partial charge >= 0.3 is 0 Å². The number of aromatic amines is 1. The highest BCUT2D eigenvalue weighted by Crippen LogP contribution is 2.28. The van der Waals surface area contributed by atoms with E-state index in [-0.39, 0.29) is 5.91 Å². The number of aromatic nitrogens is 3. The third-order valence-corrected chi connectivity index (χ3v) is 4.87. The van der Waals surface area contributed by atoms with Gasteiger partial charge in [-0.15, -0.1) is 0 Å². The van der Waals surface area contributed by atoms with Crippen molar-refractivity contribution in [1.82, 2.24) is 20.1 Å². The van der Waals surface area contributed by atoms with E-state index in [1.165, 1.54) is 11.1 Å². The number of benzene rings is 1. The maximum atomic E-state index is 12.8. The van der Waals surface area contributed by atoms with Crippen LogP contribution in [0.5, 0.6) is 0 Å². The van der Waals surface area contributed by atoms with Crippen LogP contribution >= 0.6 is 0 Å². The van der Waals surface area contributed by atoms with Gasteiger partial charge in [0.05, 0.1) is 6.20 Å². The molecular formula is C19H20N4O. The molecular weight excluding hydrogens is 300 g/mol. The molecule has 1 saturated heterocycles. The largest absolute Gasteiger partial charge is 0.351 e. The van der Waals surface area contributed by atoms with E-state index in [4.69, 9.17) is 0 Å². The Morgan fingerprint density at radius 2 is 2.00 bits per heavy atom. The van der Waals surface area contributed by atoms with Crippen LogP contribution in [-0.4, -0.2) is 39.1 Å². The molecule has 3 heterocycles. The molecule has 1 aliphatic heterocycles. The molecule has 5 heteroatoms. The van der Waals surface area contributed by atoms with Crippen LogP contribution in [0.1, 0.15) is 40.4 Å². The van der Waals surface area contributed by atoms with Gasteiger partial charge in [0.25, 0.3) is 5.91 Å². The predicted octanol–water partition coefficient (Wildman–Crippen LogP) is 3.29. The second-order valence-corrected chi connectivity index (χ2v) is 6.52. The van der Waals surface area contributed by atoms with Crippen LogP contribution in [0.3, 0.4) is 0 Å². The Labute approximate surface area is 140 Å². The number of aryl methyl sites for hydroxylation is 1. The Morgan fingerprint density at radius 3 is 2.75 bits per heavy atom. The minimum atomic E-state index is 0.0927. The maximum Gasteiger partial charge on any atom is 0.270 e. The van der Waals surface area contributed by atoms with Crippen molar-refractivity contribution >= 4 is 16.8 Å². The van der Waals surface area contributed by atoms with E-state index in [9.17, 15) is 4.79 Å². The average molecular weight is 320 g/mol. The highest BCUT2D eigenvalue weighted by atomic mass is 16.2. The normalized spacial score (nSPS) is 15.8. The molecule has 24 heavy (non-hydrogen) atoms. The van der Waals surface area contributed by atoms with Crippen LogP contribution in [0.4, 0.5) is 0 Å². The number of carbonyl (C=O) groups is 1. The van der Waals surface area contributed by atoms with Crippen molar-refractivity contribution in [2.75, 3.05) is 13.1 Å². The van der Waals surface area contributed by atoms with Crippen LogP contribution in [0.2, 0.25) is 0 Å². The standard InChI is InChI=1S/C19H20N4O/c1-13-2-3-15-11-18(22-17(15)10-13)19(24)23-8-5-14(6-9-23)16-4-7-20-21-12-16/h2-4,7,10-12,14,22H,5-6,8-9H2,1H3. The highest BCUT2D eigenvalue weighted by Gasteiger charge is 2.25. The molecule has 5 nitrogen and oxygen atoms in total. The van der Waals surface area contributed by atoms with Gasteiger partial charge in [0.2, 0.25) is 0 Å². The lowest BCUT2D eigenvalue weighted by atomic mass is 9.91. The van der Waals surface area contributed by atoms with Crippen LogP contribution in [0.25, 0.3) is 10.9 Å². The van der Waals surface area contributed by atoms with E-state index in [0.29, 0.717) is 11.6 Å². The summed E-state index contributed by atoms with van der Waals surface area (Å²) < 4.78 is 0. The number of hydrogen-bond acceptors (Lipinski definition) is 3. The monoisotopic (exact) mass is 320 g/mol. The lowest BCUT2D eigenvalue weighted by molar-refractivity contribution is 0.0708. The number of piperidine rings is 1. The van der Waals surface area contributed by atoms with Crippen LogP contribution in [0, 0.1) is 6.92 Å². The van der Waals surface area contributed by atoms with Crippen molar-refractivity contribution < 1.29 is 4.79 Å². The Hall–Kier alpha value is -2.69. The molecule has 1 amide bonds. The zero-order valence-corrected chi connectivity index (χ0v) is 13.7. The van der Waals surface area contributed by atoms with Crippen molar-refractivity contribution in [2.45, 2.75) is 25.7 Å². The number of fused-ring (bicyclic) bond motifs is 1. The first-order chi connectivity index (χ1) is 11.7. The molecule has 1 aromatic carbocycles. The number of carbonyl (C=O) groups excluding carboxylic acids is 1. The van der Waals surface area contributed by atoms with Crippen molar-refractivity contribution in [1.29, 1.82) is 0 Å². The summed E-state index contributed by atoms with van der Waals surface area (Å²) in [7, 11) is 0. The van der Waals surface area contributed by atoms with Gasteiger partial charge in [-0.3, -0.25) is 4.79 Å². The molecule has 0 atom stereocenters. The summed E-state index contributed by atoms with van der Waals surface area (Å²) in [6.45, 7) is 3.61. The van der Waals surface area contributed by atoms with E-state index in [1.54, 1.807) is 6.20 Å². The van der Waals surface area contributed by atoms with Gasteiger partial charge in [0, 0.05) is 30.2 Å². The number of nitrogens with one attached hydrogen (secondary N) is 1. The summed E-state index contributed by atoms with van der Waals surface area (Å²) in [6, 6.07) is 10.2. The number of rotatable bonds is 2. The molecule has 1 aliphatic rings. The number of likely N-dealkylation sites (tertiary alicyclic amines) is 1. The molecule has 4 rings (SSSR count). The highest BCUT2D eigenvalue weighted by molar-refractivity contribution is 5.98. The van der Waals surface area contributed by atoms with E-state index in [2.05, 4.69) is 40.3 Å². The molecule has 2 aromatic heterocycles. The Balaban J connectivity index is 1.47. The van der Waals surface area contributed by atoms with Gasteiger partial charge in [0.1, 0.15) is 5.69 Å². The van der Waals surface area contributed by atoms with Gasteiger partial charge in [-0.05, 0) is 55.0 Å². The number of H-pyrrole nitrogens is 1. The summed E-state index contributed by atoms with van der Waals surface area (Å²) in [5.41, 5.74) is 4.11.